The van der Waals surface area contributed by atoms with Gasteiger partial charge in [0.05, 0.1) is 6.04 Å². The molecule has 2 aromatic heterocycles. The fourth-order valence-electron chi connectivity index (χ4n) is 3.12. The van der Waals surface area contributed by atoms with Gasteiger partial charge < -0.3 is 9.88 Å². The Bertz CT molecular complexity index is 779. The second kappa shape index (κ2) is 7.31. The molecule has 0 radical (unpaired) electrons. The second-order valence-corrected chi connectivity index (χ2v) is 6.91. The standard InChI is InChI=1S/C18H26N6O/c1-12(2)15-5-6-19-18(21-15)24-9-7-23(8-10-24)14(4)17-20-13(3)11-16(25)22-17/h5-6,11-12,14H,7-10H2,1-4H3,(H,20,22,25)/t14-/m0/s1. The van der Waals surface area contributed by atoms with Gasteiger partial charge in [-0.25, -0.2) is 15.0 Å². The molecule has 1 fully saturated rings. The number of anilines is 1. The summed E-state index contributed by atoms with van der Waals surface area (Å²) in [5, 5.41) is 0. The molecule has 1 aliphatic rings. The van der Waals surface area contributed by atoms with Gasteiger partial charge in [-0.1, -0.05) is 13.8 Å². The van der Waals surface area contributed by atoms with Crippen molar-refractivity contribution in [1.29, 1.82) is 0 Å². The summed E-state index contributed by atoms with van der Waals surface area (Å²) in [5.41, 5.74) is 1.73. The summed E-state index contributed by atoms with van der Waals surface area (Å²) < 4.78 is 0. The zero-order valence-electron chi connectivity index (χ0n) is 15.4. The highest BCUT2D eigenvalue weighted by molar-refractivity contribution is 5.31. The SMILES string of the molecule is Cc1cc(=O)[nH]c([C@H](C)N2CCN(c3nccc(C(C)C)n3)CC2)n1. The third kappa shape index (κ3) is 4.04. The molecule has 0 saturated carbocycles. The lowest BCUT2D eigenvalue weighted by Gasteiger charge is -2.37. The van der Waals surface area contributed by atoms with Gasteiger partial charge in [-0.15, -0.1) is 0 Å². The number of aromatic amines is 1. The molecule has 1 saturated heterocycles. The molecule has 0 amide bonds. The number of piperazine rings is 1. The van der Waals surface area contributed by atoms with Crippen molar-refractivity contribution in [3.05, 3.63) is 45.9 Å². The van der Waals surface area contributed by atoms with E-state index in [0.717, 1.165) is 49.3 Å². The number of aromatic nitrogens is 4. The Balaban J connectivity index is 1.67. The van der Waals surface area contributed by atoms with Crippen LogP contribution in [0.5, 0.6) is 0 Å². The van der Waals surface area contributed by atoms with Crippen molar-refractivity contribution in [3.8, 4) is 0 Å². The Hall–Kier alpha value is -2.28. The smallest absolute Gasteiger partial charge is 0.251 e. The van der Waals surface area contributed by atoms with Crippen molar-refractivity contribution in [2.45, 2.75) is 39.7 Å². The first-order chi connectivity index (χ1) is 11.9. The van der Waals surface area contributed by atoms with Crippen LogP contribution >= 0.6 is 0 Å². The van der Waals surface area contributed by atoms with Gasteiger partial charge in [0.15, 0.2) is 0 Å². The van der Waals surface area contributed by atoms with Crippen LogP contribution in [-0.4, -0.2) is 51.0 Å². The first-order valence-corrected chi connectivity index (χ1v) is 8.84. The van der Waals surface area contributed by atoms with E-state index in [4.69, 9.17) is 0 Å². The molecular formula is C18H26N6O. The average molecular weight is 342 g/mol. The molecular weight excluding hydrogens is 316 g/mol. The van der Waals surface area contributed by atoms with Crippen LogP contribution in [0.1, 0.15) is 49.9 Å². The van der Waals surface area contributed by atoms with E-state index in [1.165, 1.54) is 6.07 Å². The van der Waals surface area contributed by atoms with Gasteiger partial charge in [-0.3, -0.25) is 9.69 Å². The van der Waals surface area contributed by atoms with Crippen molar-refractivity contribution < 1.29 is 0 Å². The van der Waals surface area contributed by atoms with Crippen molar-refractivity contribution >= 4 is 5.95 Å². The number of hydrogen-bond donors (Lipinski definition) is 1. The maximum absolute atomic E-state index is 11.7. The van der Waals surface area contributed by atoms with Crippen molar-refractivity contribution in [1.82, 2.24) is 24.8 Å². The molecule has 25 heavy (non-hydrogen) atoms. The number of hydrogen-bond acceptors (Lipinski definition) is 6. The predicted octanol–water partition coefficient (Wildman–Crippen LogP) is 1.87. The van der Waals surface area contributed by atoms with Crippen molar-refractivity contribution in [2.24, 2.45) is 0 Å². The van der Waals surface area contributed by atoms with Gasteiger partial charge in [-0.2, -0.15) is 0 Å². The van der Waals surface area contributed by atoms with Crippen LogP contribution in [0.3, 0.4) is 0 Å². The lowest BCUT2D eigenvalue weighted by molar-refractivity contribution is 0.190. The number of nitrogens with one attached hydrogen (secondary N) is 1. The molecule has 1 aliphatic heterocycles. The lowest BCUT2D eigenvalue weighted by Crippen LogP contribution is -2.48. The van der Waals surface area contributed by atoms with E-state index in [2.05, 4.69) is 50.5 Å². The molecule has 3 heterocycles. The maximum Gasteiger partial charge on any atom is 0.251 e. The molecule has 0 aliphatic carbocycles. The first-order valence-electron chi connectivity index (χ1n) is 8.84. The number of rotatable bonds is 4. The Morgan fingerprint density at radius 2 is 1.84 bits per heavy atom. The summed E-state index contributed by atoms with van der Waals surface area (Å²) in [4.78, 5) is 32.7. The molecule has 0 spiro atoms. The van der Waals surface area contributed by atoms with Crippen LogP contribution in [0.15, 0.2) is 23.1 Å². The molecule has 1 N–H and O–H groups in total. The van der Waals surface area contributed by atoms with Crippen LogP contribution in [0.25, 0.3) is 0 Å². The van der Waals surface area contributed by atoms with Crippen LogP contribution in [0.4, 0.5) is 5.95 Å². The van der Waals surface area contributed by atoms with E-state index in [1.807, 2.05) is 19.2 Å². The zero-order chi connectivity index (χ0) is 18.0. The second-order valence-electron chi connectivity index (χ2n) is 6.91. The Labute approximate surface area is 148 Å². The van der Waals surface area contributed by atoms with Crippen LogP contribution < -0.4 is 10.5 Å². The minimum Gasteiger partial charge on any atom is -0.338 e. The minimum atomic E-state index is -0.0908. The van der Waals surface area contributed by atoms with E-state index in [9.17, 15) is 4.79 Å². The third-order valence-electron chi connectivity index (χ3n) is 4.68. The monoisotopic (exact) mass is 342 g/mol. The van der Waals surface area contributed by atoms with Gasteiger partial charge >= 0.3 is 0 Å². The maximum atomic E-state index is 11.7. The van der Waals surface area contributed by atoms with Crippen LogP contribution in [-0.2, 0) is 0 Å². The molecule has 0 bridgehead atoms. The predicted molar refractivity (Wildman–Crippen MR) is 97.9 cm³/mol. The van der Waals surface area contributed by atoms with Crippen molar-refractivity contribution in [2.75, 3.05) is 31.1 Å². The summed E-state index contributed by atoms with van der Waals surface area (Å²) in [5.74, 6) is 1.93. The largest absolute Gasteiger partial charge is 0.338 e. The van der Waals surface area contributed by atoms with Crippen molar-refractivity contribution in [3.63, 3.8) is 0 Å². The van der Waals surface area contributed by atoms with E-state index < -0.39 is 0 Å². The van der Waals surface area contributed by atoms with E-state index >= 15 is 0 Å². The molecule has 134 valence electrons. The molecule has 1 atom stereocenters. The van der Waals surface area contributed by atoms with E-state index in [1.54, 1.807) is 0 Å². The fraction of sp³-hybridized carbons (Fsp3) is 0.556. The zero-order valence-corrected chi connectivity index (χ0v) is 15.4. The Kier molecular flexibility index (Phi) is 5.13. The number of H-pyrrole nitrogens is 1. The summed E-state index contributed by atoms with van der Waals surface area (Å²) in [6.45, 7) is 11.7. The number of nitrogens with zero attached hydrogens (tertiary/aromatic N) is 5. The molecule has 0 unspecified atom stereocenters. The van der Waals surface area contributed by atoms with Gasteiger partial charge in [0.1, 0.15) is 5.82 Å². The normalized spacial score (nSPS) is 17.1. The highest BCUT2D eigenvalue weighted by Crippen LogP contribution is 2.20. The third-order valence-corrected chi connectivity index (χ3v) is 4.68. The molecule has 3 rings (SSSR count). The average Bonchev–Trinajstić information content (AvgIpc) is 2.60. The molecule has 0 aromatic carbocycles. The highest BCUT2D eigenvalue weighted by Gasteiger charge is 2.25. The van der Waals surface area contributed by atoms with Crippen LogP contribution in [0.2, 0.25) is 0 Å². The summed E-state index contributed by atoms with van der Waals surface area (Å²) in [7, 11) is 0. The van der Waals surface area contributed by atoms with Gasteiger partial charge in [0.2, 0.25) is 5.95 Å². The van der Waals surface area contributed by atoms with Gasteiger partial charge in [0.25, 0.3) is 5.56 Å². The van der Waals surface area contributed by atoms with Crippen LogP contribution in [0, 0.1) is 6.92 Å². The van der Waals surface area contributed by atoms with Gasteiger partial charge in [0, 0.05) is 49.8 Å². The van der Waals surface area contributed by atoms with Gasteiger partial charge in [-0.05, 0) is 25.8 Å². The Morgan fingerprint density at radius 1 is 1.12 bits per heavy atom. The Morgan fingerprint density at radius 3 is 2.48 bits per heavy atom. The summed E-state index contributed by atoms with van der Waals surface area (Å²) in [6.07, 6.45) is 1.84. The quantitative estimate of drug-likeness (QED) is 0.914. The lowest BCUT2D eigenvalue weighted by atomic mass is 10.1. The molecule has 7 heteroatoms. The minimum absolute atomic E-state index is 0.0812. The highest BCUT2D eigenvalue weighted by atomic mass is 16.1. The summed E-state index contributed by atoms with van der Waals surface area (Å²) >= 11 is 0. The van der Waals surface area contributed by atoms with E-state index in [-0.39, 0.29) is 11.6 Å². The summed E-state index contributed by atoms with van der Waals surface area (Å²) in [6, 6.07) is 3.58. The molecule has 2 aromatic rings. The van der Waals surface area contributed by atoms with E-state index in [0.29, 0.717) is 5.92 Å². The number of aryl methyl sites for hydroxylation is 1. The fourth-order valence-corrected chi connectivity index (χ4v) is 3.12. The first kappa shape index (κ1) is 17.5. The molecule has 7 nitrogen and oxygen atoms in total. The topological polar surface area (TPSA) is 78.0 Å².